The predicted molar refractivity (Wildman–Crippen MR) is 125 cm³/mol. The molecule has 1 aliphatic heterocycles. The number of amides is 2. The number of carbonyl (C=O) groups excluding carboxylic acids is 2. The Morgan fingerprint density at radius 2 is 1.77 bits per heavy atom. The zero-order chi connectivity index (χ0) is 22.0. The number of pyridine rings is 1. The Kier molecular flexibility index (Phi) is 6.00. The number of thiophene rings is 1. The number of carbonyl (C=O) groups is 2. The van der Waals surface area contributed by atoms with Crippen LogP contribution in [0.3, 0.4) is 0 Å². The first kappa shape index (κ1) is 21.0. The van der Waals surface area contributed by atoms with E-state index in [0.717, 1.165) is 28.0 Å². The van der Waals surface area contributed by atoms with Crippen molar-refractivity contribution < 1.29 is 9.59 Å². The van der Waals surface area contributed by atoms with E-state index in [1.54, 1.807) is 12.4 Å². The van der Waals surface area contributed by atoms with E-state index in [4.69, 9.17) is 0 Å². The summed E-state index contributed by atoms with van der Waals surface area (Å²) in [4.78, 5) is 35.4. The Labute approximate surface area is 186 Å². The van der Waals surface area contributed by atoms with Crippen molar-refractivity contribution in [2.75, 3.05) is 18.0 Å². The molecular formula is C25H25N3O2S. The molecule has 5 nitrogen and oxygen atoms in total. The van der Waals surface area contributed by atoms with Crippen molar-refractivity contribution in [1.82, 2.24) is 9.88 Å². The van der Waals surface area contributed by atoms with E-state index in [-0.39, 0.29) is 11.8 Å². The van der Waals surface area contributed by atoms with Gasteiger partial charge in [-0.05, 0) is 79.6 Å². The summed E-state index contributed by atoms with van der Waals surface area (Å²) < 4.78 is 0. The molecule has 4 rings (SSSR count). The van der Waals surface area contributed by atoms with Gasteiger partial charge in [0.05, 0.1) is 11.3 Å². The van der Waals surface area contributed by atoms with Crippen molar-refractivity contribution in [1.29, 1.82) is 0 Å². The lowest BCUT2D eigenvalue weighted by Gasteiger charge is -2.25. The fourth-order valence-corrected chi connectivity index (χ4v) is 4.56. The van der Waals surface area contributed by atoms with Crippen LogP contribution in [0, 0.1) is 13.8 Å². The third-order valence-corrected chi connectivity index (χ3v) is 6.58. The fourth-order valence-electron chi connectivity index (χ4n) is 3.80. The summed E-state index contributed by atoms with van der Waals surface area (Å²) in [5, 5.41) is 1.93. The average molecular weight is 432 g/mol. The van der Waals surface area contributed by atoms with Crippen LogP contribution in [0.25, 0.3) is 5.57 Å². The summed E-state index contributed by atoms with van der Waals surface area (Å²) in [6, 6.07) is 13.5. The zero-order valence-electron chi connectivity index (χ0n) is 18.0. The summed E-state index contributed by atoms with van der Waals surface area (Å²) in [7, 11) is 0. The summed E-state index contributed by atoms with van der Waals surface area (Å²) >= 11 is 1.48. The molecule has 3 heterocycles. The zero-order valence-corrected chi connectivity index (χ0v) is 18.8. The Morgan fingerprint density at radius 1 is 1.00 bits per heavy atom. The lowest BCUT2D eigenvalue weighted by Crippen LogP contribution is -2.36. The molecule has 6 heteroatoms. The maximum Gasteiger partial charge on any atom is 0.282 e. The first-order valence-corrected chi connectivity index (χ1v) is 11.3. The number of anilines is 1. The van der Waals surface area contributed by atoms with Crippen molar-refractivity contribution in [3.63, 3.8) is 0 Å². The molecule has 0 fully saturated rings. The van der Waals surface area contributed by atoms with Crippen molar-refractivity contribution in [3.8, 4) is 0 Å². The van der Waals surface area contributed by atoms with Gasteiger partial charge in [-0.25, -0.2) is 4.90 Å². The summed E-state index contributed by atoms with van der Waals surface area (Å²) in [5.74, 6) is -0.513. The molecule has 0 saturated heterocycles. The predicted octanol–water partition coefficient (Wildman–Crippen LogP) is 4.61. The highest BCUT2D eigenvalue weighted by Gasteiger charge is 2.42. The molecule has 2 aromatic heterocycles. The second-order valence-corrected chi connectivity index (χ2v) is 8.55. The maximum atomic E-state index is 13.6. The summed E-state index contributed by atoms with van der Waals surface area (Å²) in [6.07, 6.45) is 4.31. The quantitative estimate of drug-likeness (QED) is 0.513. The minimum absolute atomic E-state index is 0.256. The molecule has 0 spiro atoms. The first-order chi connectivity index (χ1) is 15.0. The minimum atomic E-state index is -0.256. The second kappa shape index (κ2) is 8.86. The second-order valence-electron chi connectivity index (χ2n) is 7.60. The Bertz CT molecular complexity index is 1140. The van der Waals surface area contributed by atoms with Gasteiger partial charge < -0.3 is 4.90 Å². The topological polar surface area (TPSA) is 53.5 Å². The number of nitrogens with zero attached hydrogens (tertiary/aromatic N) is 3. The van der Waals surface area contributed by atoms with Crippen LogP contribution in [-0.2, 0) is 16.0 Å². The number of hydrogen-bond donors (Lipinski definition) is 0. The van der Waals surface area contributed by atoms with Crippen molar-refractivity contribution >= 4 is 34.4 Å². The molecule has 3 aromatic rings. The van der Waals surface area contributed by atoms with E-state index < -0.39 is 0 Å². The van der Waals surface area contributed by atoms with Crippen LogP contribution in [0.4, 0.5) is 5.69 Å². The van der Waals surface area contributed by atoms with Crippen molar-refractivity contribution in [3.05, 3.63) is 87.5 Å². The molecule has 0 N–H and O–H groups in total. The highest BCUT2D eigenvalue weighted by Crippen LogP contribution is 2.37. The molecule has 1 aromatic carbocycles. The molecule has 0 atom stereocenters. The number of benzene rings is 1. The van der Waals surface area contributed by atoms with Gasteiger partial charge in [-0.1, -0.05) is 12.1 Å². The third kappa shape index (κ3) is 4.03. The van der Waals surface area contributed by atoms with Gasteiger partial charge in [0.1, 0.15) is 5.70 Å². The van der Waals surface area contributed by atoms with E-state index in [2.05, 4.69) is 4.98 Å². The molecular weight excluding hydrogens is 406 g/mol. The molecule has 0 saturated carbocycles. The van der Waals surface area contributed by atoms with E-state index in [1.807, 2.05) is 73.5 Å². The number of rotatable bonds is 7. The fraction of sp³-hybridized carbons (Fsp3) is 0.240. The minimum Gasteiger partial charge on any atom is -0.366 e. The standard InChI is InChI=1S/C25H25N3O2S/c1-4-27(14-11-19-9-12-26-13-10-19)23-22(21-6-5-15-31-21)24(29)28(25(23)30)20-8-7-17(2)18(3)16-20/h5-10,12-13,15-16H,4,11,14H2,1-3H3. The van der Waals surface area contributed by atoms with Gasteiger partial charge in [0.25, 0.3) is 11.8 Å². The molecule has 158 valence electrons. The van der Waals surface area contributed by atoms with Crippen LogP contribution in [-0.4, -0.2) is 34.8 Å². The van der Waals surface area contributed by atoms with Crippen LogP contribution >= 0.6 is 11.3 Å². The van der Waals surface area contributed by atoms with Crippen LogP contribution in [0.2, 0.25) is 0 Å². The highest BCUT2D eigenvalue weighted by molar-refractivity contribution is 7.11. The Morgan fingerprint density at radius 3 is 2.42 bits per heavy atom. The van der Waals surface area contributed by atoms with E-state index in [1.165, 1.54) is 16.2 Å². The third-order valence-electron chi connectivity index (χ3n) is 5.69. The van der Waals surface area contributed by atoms with Crippen LogP contribution < -0.4 is 4.90 Å². The number of hydrogen-bond acceptors (Lipinski definition) is 5. The summed E-state index contributed by atoms with van der Waals surface area (Å²) in [6.45, 7) is 7.30. The molecule has 0 radical (unpaired) electrons. The molecule has 2 amide bonds. The molecule has 0 unspecified atom stereocenters. The summed E-state index contributed by atoms with van der Waals surface area (Å²) in [5.41, 5.74) is 4.93. The van der Waals surface area contributed by atoms with E-state index >= 15 is 0 Å². The molecule has 0 bridgehead atoms. The monoisotopic (exact) mass is 431 g/mol. The van der Waals surface area contributed by atoms with Gasteiger partial charge in [0, 0.05) is 30.4 Å². The van der Waals surface area contributed by atoms with Crippen molar-refractivity contribution in [2.45, 2.75) is 27.2 Å². The largest absolute Gasteiger partial charge is 0.366 e. The SMILES string of the molecule is CCN(CCc1ccncc1)C1=C(c2cccs2)C(=O)N(c2ccc(C)c(C)c2)C1=O. The van der Waals surface area contributed by atoms with Gasteiger partial charge in [-0.2, -0.15) is 0 Å². The number of likely N-dealkylation sites (N-methyl/N-ethyl adjacent to an activating group) is 1. The average Bonchev–Trinajstić information content (AvgIpc) is 3.38. The molecule has 0 aliphatic carbocycles. The smallest absolute Gasteiger partial charge is 0.282 e. The highest BCUT2D eigenvalue weighted by atomic mass is 32.1. The number of aromatic nitrogens is 1. The van der Waals surface area contributed by atoms with Gasteiger partial charge >= 0.3 is 0 Å². The lowest BCUT2D eigenvalue weighted by molar-refractivity contribution is -0.120. The molecule has 31 heavy (non-hydrogen) atoms. The number of imide groups is 1. The maximum absolute atomic E-state index is 13.6. The number of aryl methyl sites for hydroxylation is 2. The Balaban J connectivity index is 1.73. The lowest BCUT2D eigenvalue weighted by atomic mass is 10.1. The van der Waals surface area contributed by atoms with Crippen LogP contribution in [0.15, 0.2) is 65.9 Å². The molecule has 1 aliphatic rings. The van der Waals surface area contributed by atoms with Gasteiger partial charge in [0.15, 0.2) is 0 Å². The van der Waals surface area contributed by atoms with Gasteiger partial charge in [0.2, 0.25) is 0 Å². The van der Waals surface area contributed by atoms with Crippen LogP contribution in [0.5, 0.6) is 0 Å². The van der Waals surface area contributed by atoms with E-state index in [0.29, 0.717) is 30.0 Å². The van der Waals surface area contributed by atoms with Crippen LogP contribution in [0.1, 0.15) is 28.5 Å². The van der Waals surface area contributed by atoms with Gasteiger partial charge in [-0.3, -0.25) is 14.6 Å². The first-order valence-electron chi connectivity index (χ1n) is 10.4. The Hall–Kier alpha value is -3.25. The van der Waals surface area contributed by atoms with E-state index in [9.17, 15) is 9.59 Å². The van der Waals surface area contributed by atoms with Gasteiger partial charge in [-0.15, -0.1) is 11.3 Å². The van der Waals surface area contributed by atoms with Crippen molar-refractivity contribution in [2.24, 2.45) is 0 Å². The normalized spacial score (nSPS) is 14.0.